The van der Waals surface area contributed by atoms with Gasteiger partial charge in [-0.1, -0.05) is 12.1 Å². The molecule has 2 aromatic rings. The summed E-state index contributed by atoms with van der Waals surface area (Å²) in [7, 11) is 1.31. The number of aromatic nitrogens is 2. The van der Waals surface area contributed by atoms with Gasteiger partial charge in [0.05, 0.1) is 7.11 Å². The summed E-state index contributed by atoms with van der Waals surface area (Å²) < 4.78 is 4.63. The molecule has 0 aliphatic rings. The number of hydrogen-bond donors (Lipinski definition) is 2. The van der Waals surface area contributed by atoms with Gasteiger partial charge >= 0.3 is 5.97 Å². The Labute approximate surface area is 123 Å². The normalized spacial score (nSPS) is 10.2. The number of hydrogen-bond acceptors (Lipinski definition) is 6. The number of benzene rings is 1. The van der Waals surface area contributed by atoms with E-state index >= 15 is 0 Å². The Kier molecular flexibility index (Phi) is 4.71. The van der Waals surface area contributed by atoms with Crippen LogP contribution in [0.4, 0.5) is 11.5 Å². The molecule has 110 valence electrons. The van der Waals surface area contributed by atoms with Crippen molar-refractivity contribution in [3.63, 3.8) is 0 Å². The van der Waals surface area contributed by atoms with E-state index in [1.54, 1.807) is 13.0 Å². The van der Waals surface area contributed by atoms with Crippen LogP contribution in [0.1, 0.15) is 21.9 Å². The molecule has 0 radical (unpaired) electrons. The van der Waals surface area contributed by atoms with Crippen LogP contribution in [0, 0.1) is 6.92 Å². The van der Waals surface area contributed by atoms with E-state index < -0.39 is 5.97 Å². The van der Waals surface area contributed by atoms with E-state index in [4.69, 9.17) is 5.73 Å². The fourth-order valence-corrected chi connectivity index (χ4v) is 1.86. The summed E-state index contributed by atoms with van der Waals surface area (Å²) in [6.07, 6.45) is 0.830. The van der Waals surface area contributed by atoms with Crippen LogP contribution in [0.2, 0.25) is 0 Å². The van der Waals surface area contributed by atoms with Gasteiger partial charge in [-0.15, -0.1) is 0 Å². The number of nitrogens with zero attached hydrogens (tertiary/aromatic N) is 2. The van der Waals surface area contributed by atoms with Gasteiger partial charge in [-0.3, -0.25) is 0 Å². The molecule has 0 spiro atoms. The van der Waals surface area contributed by atoms with Gasteiger partial charge in [0.1, 0.15) is 5.82 Å². The van der Waals surface area contributed by atoms with Gasteiger partial charge in [0.25, 0.3) is 0 Å². The predicted octanol–water partition coefficient (Wildman–Crippen LogP) is 1.81. The van der Waals surface area contributed by atoms with E-state index in [1.807, 2.05) is 24.3 Å². The van der Waals surface area contributed by atoms with Crippen molar-refractivity contribution in [3.05, 3.63) is 47.4 Å². The molecule has 0 aliphatic heterocycles. The maximum Gasteiger partial charge on any atom is 0.376 e. The predicted molar refractivity (Wildman–Crippen MR) is 81.2 cm³/mol. The topological polar surface area (TPSA) is 90.1 Å². The molecule has 1 aromatic heterocycles. The van der Waals surface area contributed by atoms with Gasteiger partial charge in [0.2, 0.25) is 5.82 Å². The molecule has 1 aromatic carbocycles. The SMILES string of the molecule is COC(=O)c1nc(C)cc(NCCc2ccc(N)cc2)n1. The number of esters is 1. The third-order valence-corrected chi connectivity index (χ3v) is 2.92. The summed E-state index contributed by atoms with van der Waals surface area (Å²) >= 11 is 0. The van der Waals surface area contributed by atoms with E-state index in [1.165, 1.54) is 12.7 Å². The van der Waals surface area contributed by atoms with Gasteiger partial charge in [0, 0.05) is 24.0 Å². The number of ether oxygens (including phenoxy) is 1. The number of nitrogen functional groups attached to an aromatic ring is 1. The molecule has 6 heteroatoms. The maximum atomic E-state index is 11.5. The van der Waals surface area contributed by atoms with Crippen molar-refractivity contribution < 1.29 is 9.53 Å². The molecule has 0 atom stereocenters. The number of methoxy groups -OCH3 is 1. The molecule has 3 N–H and O–H groups in total. The molecule has 0 amide bonds. The Balaban J connectivity index is 1.98. The number of nitrogens with two attached hydrogens (primary N) is 1. The highest BCUT2D eigenvalue weighted by molar-refractivity contribution is 5.85. The Hall–Kier alpha value is -2.63. The van der Waals surface area contributed by atoms with Crippen LogP contribution in [-0.2, 0) is 11.2 Å². The maximum absolute atomic E-state index is 11.5. The standard InChI is InChI=1S/C15H18N4O2/c1-10-9-13(19-14(18-10)15(20)21-2)17-8-7-11-3-5-12(16)6-4-11/h3-6,9H,7-8,16H2,1-2H3,(H,17,18,19). The van der Waals surface area contributed by atoms with Crippen molar-refractivity contribution in [2.45, 2.75) is 13.3 Å². The van der Waals surface area contributed by atoms with Gasteiger partial charge in [0.15, 0.2) is 0 Å². The Bertz CT molecular complexity index is 626. The first-order chi connectivity index (χ1) is 10.1. The summed E-state index contributed by atoms with van der Waals surface area (Å²) in [4.78, 5) is 19.6. The smallest absolute Gasteiger partial charge is 0.376 e. The highest BCUT2D eigenvalue weighted by atomic mass is 16.5. The lowest BCUT2D eigenvalue weighted by molar-refractivity contribution is 0.0586. The minimum atomic E-state index is -0.541. The Morgan fingerprint density at radius 1 is 1.29 bits per heavy atom. The first-order valence-electron chi connectivity index (χ1n) is 6.61. The lowest BCUT2D eigenvalue weighted by Crippen LogP contribution is -2.12. The van der Waals surface area contributed by atoms with Crippen LogP contribution in [0.25, 0.3) is 0 Å². The zero-order valence-electron chi connectivity index (χ0n) is 12.1. The molecular weight excluding hydrogens is 268 g/mol. The van der Waals surface area contributed by atoms with Gasteiger partial charge in [-0.25, -0.2) is 14.8 Å². The Morgan fingerprint density at radius 3 is 2.67 bits per heavy atom. The van der Waals surface area contributed by atoms with Crippen molar-refractivity contribution in [3.8, 4) is 0 Å². The number of aryl methyl sites for hydroxylation is 1. The Morgan fingerprint density at radius 2 is 2.00 bits per heavy atom. The largest absolute Gasteiger partial charge is 0.463 e. The van der Waals surface area contributed by atoms with Crippen LogP contribution < -0.4 is 11.1 Å². The third kappa shape index (κ3) is 4.17. The molecule has 0 saturated heterocycles. The average molecular weight is 286 g/mol. The van der Waals surface area contributed by atoms with Crippen molar-refractivity contribution >= 4 is 17.5 Å². The second-order valence-electron chi connectivity index (χ2n) is 4.63. The van der Waals surface area contributed by atoms with Crippen molar-refractivity contribution in [2.24, 2.45) is 0 Å². The van der Waals surface area contributed by atoms with E-state index in [0.29, 0.717) is 18.1 Å². The summed E-state index contributed by atoms with van der Waals surface area (Å²) in [5.74, 6) is 0.131. The molecule has 1 heterocycles. The van der Waals surface area contributed by atoms with E-state index in [2.05, 4.69) is 20.0 Å². The molecule has 6 nitrogen and oxygen atoms in total. The first kappa shape index (κ1) is 14.8. The second kappa shape index (κ2) is 6.69. The van der Waals surface area contributed by atoms with E-state index in [0.717, 1.165) is 12.1 Å². The van der Waals surface area contributed by atoms with Crippen LogP contribution in [-0.4, -0.2) is 29.6 Å². The second-order valence-corrected chi connectivity index (χ2v) is 4.63. The molecule has 21 heavy (non-hydrogen) atoms. The number of anilines is 2. The molecule has 2 rings (SSSR count). The zero-order valence-corrected chi connectivity index (χ0v) is 12.1. The van der Waals surface area contributed by atoms with Crippen LogP contribution in [0.3, 0.4) is 0 Å². The van der Waals surface area contributed by atoms with Crippen LogP contribution in [0.15, 0.2) is 30.3 Å². The van der Waals surface area contributed by atoms with E-state index in [9.17, 15) is 4.79 Å². The number of carbonyl (C=O) groups excluding carboxylic acids is 1. The summed E-state index contributed by atoms with van der Waals surface area (Å²) in [6.45, 7) is 2.50. The number of nitrogens with one attached hydrogen (secondary N) is 1. The fourth-order valence-electron chi connectivity index (χ4n) is 1.86. The lowest BCUT2D eigenvalue weighted by atomic mass is 10.1. The highest BCUT2D eigenvalue weighted by Gasteiger charge is 2.11. The molecule has 0 unspecified atom stereocenters. The van der Waals surface area contributed by atoms with Crippen LogP contribution >= 0.6 is 0 Å². The molecule has 0 aliphatic carbocycles. The minimum Gasteiger partial charge on any atom is -0.463 e. The lowest BCUT2D eigenvalue weighted by Gasteiger charge is -2.08. The highest BCUT2D eigenvalue weighted by Crippen LogP contribution is 2.09. The number of rotatable bonds is 5. The molecule has 0 fully saturated rings. The van der Waals surface area contributed by atoms with Gasteiger partial charge < -0.3 is 15.8 Å². The molecule has 0 bridgehead atoms. The molecule has 0 saturated carbocycles. The van der Waals surface area contributed by atoms with Crippen molar-refractivity contribution in [2.75, 3.05) is 24.7 Å². The molecular formula is C15H18N4O2. The van der Waals surface area contributed by atoms with Crippen LogP contribution in [0.5, 0.6) is 0 Å². The third-order valence-electron chi connectivity index (χ3n) is 2.92. The van der Waals surface area contributed by atoms with E-state index in [-0.39, 0.29) is 5.82 Å². The zero-order chi connectivity index (χ0) is 15.2. The fraction of sp³-hybridized carbons (Fsp3) is 0.267. The summed E-state index contributed by atoms with van der Waals surface area (Å²) in [5.41, 5.74) is 8.28. The average Bonchev–Trinajstić information content (AvgIpc) is 2.48. The van der Waals surface area contributed by atoms with Crippen molar-refractivity contribution in [1.29, 1.82) is 0 Å². The summed E-state index contributed by atoms with van der Waals surface area (Å²) in [5, 5.41) is 3.18. The quantitative estimate of drug-likeness (QED) is 0.643. The summed E-state index contributed by atoms with van der Waals surface area (Å²) in [6, 6.07) is 9.51. The van der Waals surface area contributed by atoms with Gasteiger partial charge in [-0.05, 0) is 31.0 Å². The first-order valence-corrected chi connectivity index (χ1v) is 6.61. The van der Waals surface area contributed by atoms with Gasteiger partial charge in [-0.2, -0.15) is 0 Å². The number of carbonyl (C=O) groups is 1. The minimum absolute atomic E-state index is 0.0625. The monoisotopic (exact) mass is 286 g/mol. The van der Waals surface area contributed by atoms with Crippen molar-refractivity contribution in [1.82, 2.24) is 9.97 Å².